The third-order valence-corrected chi connectivity index (χ3v) is 6.14. The molecule has 1 aliphatic carbocycles. The summed E-state index contributed by atoms with van der Waals surface area (Å²) in [5.41, 5.74) is 13.6. The van der Waals surface area contributed by atoms with E-state index in [1.165, 1.54) is 11.1 Å². The van der Waals surface area contributed by atoms with Crippen molar-refractivity contribution in [3.8, 4) is 11.3 Å². The van der Waals surface area contributed by atoms with Crippen LogP contribution in [0.25, 0.3) is 22.3 Å². The molecule has 4 aromatic rings. The van der Waals surface area contributed by atoms with Crippen LogP contribution < -0.4 is 11.1 Å². The molecule has 5 rings (SSSR count). The Kier molecular flexibility index (Phi) is 4.89. The van der Waals surface area contributed by atoms with Crippen molar-refractivity contribution in [1.82, 2.24) is 15.2 Å². The minimum absolute atomic E-state index is 0.280. The van der Waals surface area contributed by atoms with Gasteiger partial charge in [-0.25, -0.2) is 9.37 Å². The van der Waals surface area contributed by atoms with Crippen LogP contribution in [-0.4, -0.2) is 21.1 Å². The summed E-state index contributed by atoms with van der Waals surface area (Å²) in [5.74, 6) is 0.770. The van der Waals surface area contributed by atoms with Gasteiger partial charge in [-0.15, -0.1) is 0 Å². The maximum Gasteiger partial charge on any atom is 0.255 e. The van der Waals surface area contributed by atoms with Crippen molar-refractivity contribution in [2.24, 2.45) is 5.92 Å². The first-order chi connectivity index (χ1) is 15.4. The highest BCUT2D eigenvalue weighted by molar-refractivity contribution is 6.04. The van der Waals surface area contributed by atoms with Crippen LogP contribution in [0.15, 0.2) is 42.5 Å². The molecule has 0 spiro atoms. The Balaban J connectivity index is 1.56. The lowest BCUT2D eigenvalue weighted by Crippen LogP contribution is -2.12. The Labute approximate surface area is 185 Å². The Morgan fingerprint density at radius 2 is 2.03 bits per heavy atom. The van der Waals surface area contributed by atoms with Crippen molar-refractivity contribution < 1.29 is 9.18 Å². The quantitative estimate of drug-likeness (QED) is 0.427. The van der Waals surface area contributed by atoms with E-state index in [1.807, 2.05) is 25.1 Å². The number of halogens is 1. The lowest BCUT2D eigenvalue weighted by atomic mass is 9.97. The monoisotopic (exact) mass is 429 g/mol. The van der Waals surface area contributed by atoms with E-state index in [1.54, 1.807) is 24.3 Å². The van der Waals surface area contributed by atoms with Gasteiger partial charge in [-0.05, 0) is 72.2 Å². The molecule has 7 heteroatoms. The number of nitrogens with zero attached hydrogens (tertiary/aromatic N) is 2. The second-order valence-corrected chi connectivity index (χ2v) is 8.58. The summed E-state index contributed by atoms with van der Waals surface area (Å²) < 4.78 is 13.0. The molecule has 1 unspecified atom stereocenters. The fourth-order valence-electron chi connectivity index (χ4n) is 4.58. The minimum Gasteiger partial charge on any atom is -0.384 e. The first-order valence-electron chi connectivity index (χ1n) is 10.7. The largest absolute Gasteiger partial charge is 0.384 e. The Morgan fingerprint density at radius 1 is 1.22 bits per heavy atom. The number of carbonyl (C=O) groups is 1. The van der Waals surface area contributed by atoms with Gasteiger partial charge in [0.05, 0.1) is 11.1 Å². The molecule has 0 saturated heterocycles. The lowest BCUT2D eigenvalue weighted by Gasteiger charge is -2.14. The molecule has 2 heterocycles. The highest BCUT2D eigenvalue weighted by Gasteiger charge is 2.28. The average Bonchev–Trinajstić information content (AvgIpc) is 3.36. The molecule has 162 valence electrons. The number of alkyl halides is 1. The number of nitrogens with two attached hydrogens (primary N) is 1. The Bertz CT molecular complexity index is 1360. The Hall–Kier alpha value is -3.74. The van der Waals surface area contributed by atoms with Gasteiger partial charge >= 0.3 is 0 Å². The highest BCUT2D eigenvalue weighted by Crippen LogP contribution is 2.40. The van der Waals surface area contributed by atoms with Gasteiger partial charge in [0.2, 0.25) is 0 Å². The second kappa shape index (κ2) is 7.75. The van der Waals surface area contributed by atoms with Gasteiger partial charge in [0.1, 0.15) is 12.5 Å². The molecule has 0 radical (unpaired) electrons. The number of amides is 1. The van der Waals surface area contributed by atoms with Crippen molar-refractivity contribution in [3.05, 3.63) is 70.3 Å². The fraction of sp³-hybridized carbons (Fsp3) is 0.240. The maximum atomic E-state index is 13.0. The number of nitrogen functional groups attached to an aromatic ring is 1. The predicted molar refractivity (Wildman–Crippen MR) is 124 cm³/mol. The van der Waals surface area contributed by atoms with E-state index < -0.39 is 6.67 Å². The van der Waals surface area contributed by atoms with Gasteiger partial charge in [0.25, 0.3) is 5.91 Å². The molecule has 32 heavy (non-hydrogen) atoms. The summed E-state index contributed by atoms with van der Waals surface area (Å²) in [4.78, 5) is 17.6. The number of nitrogens with one attached hydrogen (secondary N) is 2. The van der Waals surface area contributed by atoms with E-state index in [0.29, 0.717) is 34.2 Å². The topological polar surface area (TPSA) is 96.7 Å². The molecule has 0 aliphatic heterocycles. The van der Waals surface area contributed by atoms with E-state index in [2.05, 4.69) is 22.4 Å². The summed E-state index contributed by atoms with van der Waals surface area (Å²) in [6, 6.07) is 12.4. The van der Waals surface area contributed by atoms with Crippen molar-refractivity contribution in [1.29, 1.82) is 0 Å². The molecule has 1 atom stereocenters. The van der Waals surface area contributed by atoms with Crippen molar-refractivity contribution in [3.63, 3.8) is 0 Å². The maximum absolute atomic E-state index is 13.0. The summed E-state index contributed by atoms with van der Waals surface area (Å²) >= 11 is 0. The molecule has 0 saturated carbocycles. The number of pyridine rings is 1. The number of aryl methyl sites for hydroxylation is 1. The van der Waals surface area contributed by atoms with Crippen LogP contribution in [0.1, 0.15) is 39.5 Å². The summed E-state index contributed by atoms with van der Waals surface area (Å²) in [6.07, 6.45) is 1.86. The number of hydrogen-bond acceptors (Lipinski definition) is 4. The van der Waals surface area contributed by atoms with Crippen LogP contribution in [0, 0.1) is 12.8 Å². The minimum atomic E-state index is -0.606. The van der Waals surface area contributed by atoms with Crippen molar-refractivity contribution >= 4 is 28.4 Å². The summed E-state index contributed by atoms with van der Waals surface area (Å²) in [5, 5.41) is 11.0. The molecule has 2 aromatic carbocycles. The van der Waals surface area contributed by atoms with Gasteiger partial charge in [0.15, 0.2) is 5.65 Å². The van der Waals surface area contributed by atoms with Crippen molar-refractivity contribution in [2.45, 2.75) is 33.4 Å². The highest BCUT2D eigenvalue weighted by atomic mass is 19.1. The smallest absolute Gasteiger partial charge is 0.255 e. The number of carbonyl (C=O) groups excluding carboxylic acids is 1. The molecule has 0 bridgehead atoms. The van der Waals surface area contributed by atoms with Gasteiger partial charge in [0, 0.05) is 16.8 Å². The average molecular weight is 429 g/mol. The lowest BCUT2D eigenvalue weighted by molar-refractivity contribution is 0.102. The van der Waals surface area contributed by atoms with Gasteiger partial charge in [-0.2, -0.15) is 5.10 Å². The van der Waals surface area contributed by atoms with E-state index in [9.17, 15) is 9.18 Å². The fourth-order valence-corrected chi connectivity index (χ4v) is 4.58. The number of aromatic nitrogens is 3. The van der Waals surface area contributed by atoms with Gasteiger partial charge < -0.3 is 11.1 Å². The van der Waals surface area contributed by atoms with Crippen molar-refractivity contribution in [2.75, 3.05) is 11.1 Å². The molecule has 0 fully saturated rings. The third-order valence-electron chi connectivity index (χ3n) is 6.14. The summed E-state index contributed by atoms with van der Waals surface area (Å²) in [6.45, 7) is 3.65. The SMILES string of the molecule is Cc1ccc(NC(=O)c2cccc(CF)c2)cc1-c1nc2n[nH]c(N)c2c2c1CC(C)C2. The molecule has 2 aromatic heterocycles. The van der Waals surface area contributed by atoms with Gasteiger partial charge in [-0.1, -0.05) is 25.1 Å². The van der Waals surface area contributed by atoms with Crippen LogP contribution in [0.4, 0.5) is 15.9 Å². The zero-order valence-electron chi connectivity index (χ0n) is 18.0. The third kappa shape index (κ3) is 3.39. The number of aromatic amines is 1. The molecule has 4 N–H and O–H groups in total. The summed E-state index contributed by atoms with van der Waals surface area (Å²) in [7, 11) is 0. The molecular weight excluding hydrogens is 405 g/mol. The standard InChI is InChI=1S/C25H24FN5O/c1-13-8-19-20(9-13)22(29-24-21(19)23(27)30-31-24)18-11-17(7-6-14(18)2)28-25(32)16-5-3-4-15(10-16)12-26/h3-7,10-11,13H,8-9,12H2,1-2H3,(H,28,32)(H3,27,29,30,31). The molecular formula is C25H24FN5O. The zero-order valence-corrected chi connectivity index (χ0v) is 18.0. The second-order valence-electron chi connectivity index (χ2n) is 8.58. The van der Waals surface area contributed by atoms with Crippen LogP contribution in [0.2, 0.25) is 0 Å². The van der Waals surface area contributed by atoms with Gasteiger partial charge in [-0.3, -0.25) is 9.89 Å². The van der Waals surface area contributed by atoms with E-state index in [4.69, 9.17) is 10.7 Å². The van der Waals surface area contributed by atoms with Crippen LogP contribution in [-0.2, 0) is 19.5 Å². The van der Waals surface area contributed by atoms with E-state index in [0.717, 1.165) is 35.0 Å². The van der Waals surface area contributed by atoms with Crippen LogP contribution >= 0.6 is 0 Å². The number of fused-ring (bicyclic) bond motifs is 3. The Morgan fingerprint density at radius 3 is 2.84 bits per heavy atom. The predicted octanol–water partition coefficient (Wildman–Crippen LogP) is 4.97. The number of rotatable bonds is 4. The van der Waals surface area contributed by atoms with Crippen LogP contribution in [0.5, 0.6) is 0 Å². The number of hydrogen-bond donors (Lipinski definition) is 3. The molecule has 1 amide bonds. The van der Waals surface area contributed by atoms with Crippen LogP contribution in [0.3, 0.4) is 0 Å². The molecule has 1 aliphatic rings. The van der Waals surface area contributed by atoms with E-state index >= 15 is 0 Å². The first-order valence-corrected chi connectivity index (χ1v) is 10.7. The number of benzene rings is 2. The first kappa shape index (κ1) is 20.2. The number of H-pyrrole nitrogens is 1. The zero-order chi connectivity index (χ0) is 22.4. The molecule has 6 nitrogen and oxygen atoms in total. The normalized spacial score (nSPS) is 15.2. The van der Waals surface area contributed by atoms with E-state index in [-0.39, 0.29) is 5.91 Å². The number of anilines is 2.